The van der Waals surface area contributed by atoms with E-state index in [9.17, 15) is 9.59 Å². The smallest absolute Gasteiger partial charge is 0.410 e. The van der Waals surface area contributed by atoms with Gasteiger partial charge in [-0.2, -0.15) is 0 Å². The molecule has 1 N–H and O–H groups in total. The number of aromatic nitrogens is 3. The lowest BCUT2D eigenvalue weighted by molar-refractivity contribution is -0.121. The number of thiophene rings is 1. The summed E-state index contributed by atoms with van der Waals surface area (Å²) in [5.74, 6) is 1.22. The fourth-order valence-corrected chi connectivity index (χ4v) is 6.38. The van der Waals surface area contributed by atoms with Gasteiger partial charge in [0, 0.05) is 41.2 Å². The van der Waals surface area contributed by atoms with Gasteiger partial charge in [0.15, 0.2) is 5.82 Å². The van der Waals surface area contributed by atoms with E-state index in [4.69, 9.17) is 40.3 Å². The first-order valence-electron chi connectivity index (χ1n) is 16.7. The second-order valence-electron chi connectivity index (χ2n) is 12.8. The average Bonchev–Trinajstić information content (AvgIpc) is 3.54. The summed E-state index contributed by atoms with van der Waals surface area (Å²) in [4.78, 5) is 32.8. The third-order valence-corrected chi connectivity index (χ3v) is 9.14. The minimum absolute atomic E-state index is 0.111. The standard InChI is InChI=1S/C35H49ClN6O7S/c1-23-24(2)50-33-30(23)31(26-8-10-27(36)11-9-26)38-28(32-40-39-25(3)42(32)33)22-29(43)37-12-14-45-16-18-47-20-21-48-19-17-46-15-13-41(7)34(44)49-35(4,5)6/h8-11,28H,12-22H2,1-7H3,(H,37,43)/t28-/m0/s1. The molecule has 50 heavy (non-hydrogen) atoms. The highest BCUT2D eigenvalue weighted by Crippen LogP contribution is 2.39. The van der Waals surface area contributed by atoms with Gasteiger partial charge in [-0.15, -0.1) is 21.5 Å². The number of ether oxygens (including phenoxy) is 5. The maximum atomic E-state index is 13.1. The van der Waals surface area contributed by atoms with Crippen molar-refractivity contribution in [3.05, 3.63) is 62.5 Å². The van der Waals surface area contributed by atoms with Crippen molar-refractivity contribution in [3.63, 3.8) is 0 Å². The Kier molecular flexibility index (Phi) is 14.8. The second kappa shape index (κ2) is 18.7. The molecule has 0 spiro atoms. The molecule has 15 heteroatoms. The van der Waals surface area contributed by atoms with Crippen molar-refractivity contribution in [1.82, 2.24) is 25.0 Å². The van der Waals surface area contributed by atoms with Crippen LogP contribution in [-0.2, 0) is 28.5 Å². The minimum Gasteiger partial charge on any atom is -0.444 e. The van der Waals surface area contributed by atoms with Crippen LogP contribution >= 0.6 is 22.9 Å². The van der Waals surface area contributed by atoms with E-state index in [1.807, 2.05) is 56.5 Å². The molecule has 0 aliphatic carbocycles. The van der Waals surface area contributed by atoms with Crippen LogP contribution in [0.5, 0.6) is 0 Å². The molecule has 3 heterocycles. The van der Waals surface area contributed by atoms with Gasteiger partial charge in [-0.05, 0) is 59.2 Å². The molecule has 1 atom stereocenters. The molecule has 0 saturated carbocycles. The zero-order chi connectivity index (χ0) is 36.3. The van der Waals surface area contributed by atoms with Crippen molar-refractivity contribution in [2.24, 2.45) is 4.99 Å². The molecule has 0 radical (unpaired) electrons. The van der Waals surface area contributed by atoms with Crippen LogP contribution < -0.4 is 5.32 Å². The Morgan fingerprint density at radius 1 is 0.920 bits per heavy atom. The Labute approximate surface area is 303 Å². The quantitative estimate of drug-likeness (QED) is 0.174. The van der Waals surface area contributed by atoms with Crippen LogP contribution in [0.25, 0.3) is 5.00 Å². The summed E-state index contributed by atoms with van der Waals surface area (Å²) in [6, 6.07) is 7.07. The van der Waals surface area contributed by atoms with E-state index >= 15 is 0 Å². The van der Waals surface area contributed by atoms with Crippen molar-refractivity contribution in [2.45, 2.75) is 59.6 Å². The van der Waals surface area contributed by atoms with Crippen LogP contribution in [0.15, 0.2) is 29.3 Å². The number of hydrogen-bond donors (Lipinski definition) is 1. The summed E-state index contributed by atoms with van der Waals surface area (Å²) < 4.78 is 29.5. The van der Waals surface area contributed by atoms with Gasteiger partial charge in [0.25, 0.3) is 0 Å². The topological polar surface area (TPSA) is 139 Å². The first-order chi connectivity index (χ1) is 23.9. The van der Waals surface area contributed by atoms with Crippen LogP contribution in [0.1, 0.15) is 66.5 Å². The number of carbonyl (C=O) groups is 2. The molecular formula is C35H49ClN6O7S. The molecule has 0 fully saturated rings. The zero-order valence-corrected chi connectivity index (χ0v) is 31.6. The van der Waals surface area contributed by atoms with E-state index in [0.29, 0.717) is 76.8 Å². The number of benzene rings is 1. The molecule has 4 rings (SSSR count). The maximum Gasteiger partial charge on any atom is 0.410 e. The third kappa shape index (κ3) is 11.3. The number of carbonyl (C=O) groups excluding carboxylic acids is 2. The summed E-state index contributed by atoms with van der Waals surface area (Å²) in [5.41, 5.74) is 3.37. The lowest BCUT2D eigenvalue weighted by Gasteiger charge is -2.24. The summed E-state index contributed by atoms with van der Waals surface area (Å²) in [6.07, 6.45) is -0.266. The lowest BCUT2D eigenvalue weighted by atomic mass is 9.99. The molecular weight excluding hydrogens is 684 g/mol. The molecule has 2 aromatic heterocycles. The zero-order valence-electron chi connectivity index (χ0n) is 30.0. The van der Waals surface area contributed by atoms with E-state index in [1.165, 1.54) is 9.78 Å². The van der Waals surface area contributed by atoms with Crippen molar-refractivity contribution < 1.29 is 33.3 Å². The maximum absolute atomic E-state index is 13.1. The van der Waals surface area contributed by atoms with E-state index in [-0.39, 0.29) is 18.4 Å². The van der Waals surface area contributed by atoms with E-state index in [1.54, 1.807) is 18.4 Å². The van der Waals surface area contributed by atoms with Gasteiger partial charge in [-0.25, -0.2) is 4.79 Å². The predicted octanol–water partition coefficient (Wildman–Crippen LogP) is 5.24. The number of fused-ring (bicyclic) bond motifs is 3. The Bertz CT molecular complexity index is 1600. The summed E-state index contributed by atoms with van der Waals surface area (Å²) in [5, 5.41) is 13.4. The Hall–Kier alpha value is -3.40. The van der Waals surface area contributed by atoms with Crippen LogP contribution in [0.3, 0.4) is 0 Å². The minimum atomic E-state index is -0.532. The normalized spacial score (nSPS) is 14.1. The molecule has 0 saturated heterocycles. The van der Waals surface area contributed by atoms with E-state index in [0.717, 1.165) is 33.2 Å². The van der Waals surface area contributed by atoms with Crippen molar-refractivity contribution in [3.8, 4) is 5.00 Å². The molecule has 13 nitrogen and oxygen atoms in total. The van der Waals surface area contributed by atoms with Gasteiger partial charge in [0.1, 0.15) is 22.5 Å². The number of nitrogens with zero attached hydrogens (tertiary/aromatic N) is 5. The second-order valence-corrected chi connectivity index (χ2v) is 14.4. The van der Waals surface area contributed by atoms with Crippen LogP contribution in [0.4, 0.5) is 4.79 Å². The fraction of sp³-hybridized carbons (Fsp3) is 0.571. The highest BCUT2D eigenvalue weighted by atomic mass is 35.5. The average molecular weight is 733 g/mol. The first kappa shape index (κ1) is 39.4. The highest BCUT2D eigenvalue weighted by molar-refractivity contribution is 7.15. The van der Waals surface area contributed by atoms with Gasteiger partial charge < -0.3 is 33.9 Å². The largest absolute Gasteiger partial charge is 0.444 e. The third-order valence-electron chi connectivity index (χ3n) is 7.70. The summed E-state index contributed by atoms with van der Waals surface area (Å²) in [6.45, 7) is 15.6. The molecule has 0 unspecified atom stereocenters. The molecule has 1 aromatic carbocycles. The van der Waals surface area contributed by atoms with Crippen LogP contribution in [0.2, 0.25) is 5.02 Å². The predicted molar refractivity (Wildman–Crippen MR) is 193 cm³/mol. The Morgan fingerprint density at radius 2 is 1.52 bits per heavy atom. The fourth-order valence-electron chi connectivity index (χ4n) is 5.04. The van der Waals surface area contributed by atoms with Gasteiger partial charge >= 0.3 is 6.09 Å². The molecule has 2 amide bonds. The highest BCUT2D eigenvalue weighted by Gasteiger charge is 2.32. The number of aryl methyl sites for hydroxylation is 2. The Balaban J connectivity index is 1.12. The molecule has 274 valence electrons. The molecule has 1 aliphatic heterocycles. The van der Waals surface area contributed by atoms with Crippen LogP contribution in [-0.4, -0.2) is 116 Å². The summed E-state index contributed by atoms with van der Waals surface area (Å²) >= 11 is 7.87. The first-order valence-corrected chi connectivity index (χ1v) is 17.9. The van der Waals surface area contributed by atoms with Crippen molar-refractivity contribution >= 4 is 40.6 Å². The monoisotopic (exact) mass is 732 g/mol. The number of likely N-dealkylation sites (N-methyl/N-ethyl adjacent to an activating group) is 1. The van der Waals surface area contributed by atoms with Gasteiger partial charge in [0.05, 0.1) is 65.0 Å². The number of aliphatic imine (C=N–C) groups is 1. The van der Waals surface area contributed by atoms with Crippen molar-refractivity contribution in [1.29, 1.82) is 0 Å². The van der Waals surface area contributed by atoms with Gasteiger partial charge in [-0.3, -0.25) is 14.4 Å². The number of halogens is 1. The lowest BCUT2D eigenvalue weighted by Crippen LogP contribution is -2.36. The van der Waals surface area contributed by atoms with Gasteiger partial charge in [0.2, 0.25) is 5.91 Å². The van der Waals surface area contributed by atoms with Crippen molar-refractivity contribution in [2.75, 3.05) is 73.0 Å². The molecule has 0 bridgehead atoms. The molecule has 3 aromatic rings. The van der Waals surface area contributed by atoms with Crippen LogP contribution in [0, 0.1) is 20.8 Å². The Morgan fingerprint density at radius 3 is 2.14 bits per heavy atom. The number of rotatable bonds is 18. The molecule has 1 aliphatic rings. The SMILES string of the molecule is Cc1sc2c(c1C)C(c1ccc(Cl)cc1)=N[C@@H](CC(=O)NCCOCCOCCOCCOCCN(C)C(=O)OC(C)(C)C)c1nnc(C)n1-2. The number of amides is 2. The van der Waals surface area contributed by atoms with E-state index < -0.39 is 11.6 Å². The number of nitrogens with one attached hydrogen (secondary N) is 1. The summed E-state index contributed by atoms with van der Waals surface area (Å²) in [7, 11) is 1.68. The van der Waals surface area contributed by atoms with E-state index in [2.05, 4.69) is 29.4 Å². The van der Waals surface area contributed by atoms with Gasteiger partial charge in [-0.1, -0.05) is 23.7 Å². The number of hydrogen-bond acceptors (Lipinski definition) is 11.